The van der Waals surface area contributed by atoms with Gasteiger partial charge in [0.05, 0.1) is 6.54 Å². The molecule has 18 heavy (non-hydrogen) atoms. The maximum absolute atomic E-state index is 11.9. The Bertz CT molecular complexity index is 369. The highest BCUT2D eigenvalue weighted by atomic mass is 19.3. The molecule has 1 aromatic carbocycles. The fourth-order valence-corrected chi connectivity index (χ4v) is 1.26. The predicted molar refractivity (Wildman–Crippen MR) is 64.9 cm³/mol. The van der Waals surface area contributed by atoms with Crippen molar-refractivity contribution in [1.82, 2.24) is 5.32 Å². The predicted octanol–water partition coefficient (Wildman–Crippen LogP) is 2.23. The minimum Gasteiger partial charge on any atom is -0.435 e. The summed E-state index contributed by atoms with van der Waals surface area (Å²) in [6.07, 6.45) is 0.880. The van der Waals surface area contributed by atoms with Gasteiger partial charge in [0.25, 0.3) is 0 Å². The zero-order chi connectivity index (χ0) is 13.4. The van der Waals surface area contributed by atoms with Crippen LogP contribution in [0.2, 0.25) is 0 Å². The van der Waals surface area contributed by atoms with Gasteiger partial charge in [-0.3, -0.25) is 4.79 Å². The van der Waals surface area contributed by atoms with Gasteiger partial charge < -0.3 is 15.4 Å². The summed E-state index contributed by atoms with van der Waals surface area (Å²) in [7, 11) is 0. The third-order valence-corrected chi connectivity index (χ3v) is 2.10. The van der Waals surface area contributed by atoms with Crippen LogP contribution < -0.4 is 15.4 Å². The maximum atomic E-state index is 11.9. The molecule has 0 bridgehead atoms. The van der Waals surface area contributed by atoms with E-state index in [0.717, 1.165) is 6.42 Å². The lowest BCUT2D eigenvalue weighted by molar-refractivity contribution is -0.119. The lowest BCUT2D eigenvalue weighted by Gasteiger charge is -2.08. The van der Waals surface area contributed by atoms with E-state index in [1.165, 1.54) is 12.1 Å². The SMILES string of the molecule is CCCNC(=O)CNc1ccc(OC(F)F)cc1. The van der Waals surface area contributed by atoms with Gasteiger partial charge in [0, 0.05) is 12.2 Å². The Morgan fingerprint density at radius 2 is 2.00 bits per heavy atom. The summed E-state index contributed by atoms with van der Waals surface area (Å²) in [6, 6.07) is 5.98. The van der Waals surface area contributed by atoms with Gasteiger partial charge in [-0.15, -0.1) is 0 Å². The number of rotatable bonds is 7. The van der Waals surface area contributed by atoms with Crippen LogP contribution in [0.3, 0.4) is 0 Å². The summed E-state index contributed by atoms with van der Waals surface area (Å²) in [5.41, 5.74) is 0.670. The molecule has 1 amide bonds. The molecule has 4 nitrogen and oxygen atoms in total. The number of halogens is 2. The standard InChI is InChI=1S/C12H16F2N2O2/c1-2-7-15-11(17)8-16-9-3-5-10(6-4-9)18-12(13)14/h3-6,12,16H,2,7-8H2,1H3,(H,15,17). The average molecular weight is 258 g/mol. The summed E-state index contributed by atoms with van der Waals surface area (Å²) in [5.74, 6) is -0.0178. The Kier molecular flexibility index (Phi) is 5.90. The smallest absolute Gasteiger partial charge is 0.387 e. The molecule has 0 saturated heterocycles. The highest BCUT2D eigenvalue weighted by Crippen LogP contribution is 2.17. The van der Waals surface area contributed by atoms with Crippen LogP contribution in [0.25, 0.3) is 0 Å². The van der Waals surface area contributed by atoms with Crippen molar-refractivity contribution in [3.8, 4) is 5.75 Å². The Balaban J connectivity index is 2.37. The van der Waals surface area contributed by atoms with E-state index in [-0.39, 0.29) is 18.2 Å². The van der Waals surface area contributed by atoms with E-state index >= 15 is 0 Å². The molecule has 6 heteroatoms. The van der Waals surface area contributed by atoms with Crippen LogP contribution in [0.5, 0.6) is 5.75 Å². The number of alkyl halides is 2. The molecule has 0 aliphatic heterocycles. The van der Waals surface area contributed by atoms with Gasteiger partial charge in [-0.1, -0.05) is 6.92 Å². The molecule has 0 saturated carbocycles. The fraction of sp³-hybridized carbons (Fsp3) is 0.417. The first-order valence-electron chi connectivity index (χ1n) is 5.67. The van der Waals surface area contributed by atoms with E-state index in [1.807, 2.05) is 6.92 Å². The molecule has 0 aromatic heterocycles. The molecule has 0 radical (unpaired) electrons. The highest BCUT2D eigenvalue weighted by molar-refractivity contribution is 5.80. The van der Waals surface area contributed by atoms with Crippen LogP contribution in [-0.4, -0.2) is 25.6 Å². The minimum absolute atomic E-state index is 0.0889. The van der Waals surface area contributed by atoms with Crippen molar-refractivity contribution in [3.63, 3.8) is 0 Å². The second kappa shape index (κ2) is 7.47. The van der Waals surface area contributed by atoms with Crippen molar-refractivity contribution >= 4 is 11.6 Å². The average Bonchev–Trinajstić information content (AvgIpc) is 2.35. The first-order chi connectivity index (χ1) is 8.61. The summed E-state index contributed by atoms with van der Waals surface area (Å²) in [5, 5.41) is 5.59. The van der Waals surface area contributed by atoms with E-state index in [2.05, 4.69) is 15.4 Å². The van der Waals surface area contributed by atoms with Gasteiger partial charge in [0.2, 0.25) is 5.91 Å². The van der Waals surface area contributed by atoms with Crippen LogP contribution in [0, 0.1) is 0 Å². The van der Waals surface area contributed by atoms with Gasteiger partial charge in [-0.25, -0.2) is 0 Å². The lowest BCUT2D eigenvalue weighted by atomic mass is 10.3. The largest absolute Gasteiger partial charge is 0.435 e. The quantitative estimate of drug-likeness (QED) is 0.788. The molecule has 2 N–H and O–H groups in total. The summed E-state index contributed by atoms with van der Waals surface area (Å²) < 4.78 is 28.0. The minimum atomic E-state index is -2.83. The number of carbonyl (C=O) groups excluding carboxylic acids is 1. The number of ether oxygens (including phenoxy) is 1. The summed E-state index contributed by atoms with van der Waals surface area (Å²) in [4.78, 5) is 11.3. The van der Waals surface area contributed by atoms with Gasteiger partial charge in [-0.05, 0) is 30.7 Å². The molecular formula is C12H16F2N2O2. The van der Waals surface area contributed by atoms with E-state index in [9.17, 15) is 13.6 Å². The summed E-state index contributed by atoms with van der Waals surface area (Å²) in [6.45, 7) is -0.0738. The van der Waals surface area contributed by atoms with Gasteiger partial charge in [0.15, 0.2) is 0 Å². The van der Waals surface area contributed by atoms with Crippen molar-refractivity contribution < 1.29 is 18.3 Å². The van der Waals surface area contributed by atoms with Crippen LogP contribution in [0.15, 0.2) is 24.3 Å². The molecular weight excluding hydrogens is 242 g/mol. The topological polar surface area (TPSA) is 50.4 Å². The van der Waals surface area contributed by atoms with Crippen molar-refractivity contribution in [3.05, 3.63) is 24.3 Å². The molecule has 0 aliphatic carbocycles. The number of benzene rings is 1. The Hall–Kier alpha value is -1.85. The van der Waals surface area contributed by atoms with Crippen molar-refractivity contribution in [2.75, 3.05) is 18.4 Å². The molecule has 0 atom stereocenters. The molecule has 0 aliphatic rings. The van der Waals surface area contributed by atoms with Crippen LogP contribution in [0.1, 0.15) is 13.3 Å². The van der Waals surface area contributed by atoms with Crippen molar-refractivity contribution in [2.45, 2.75) is 20.0 Å². The highest BCUT2D eigenvalue weighted by Gasteiger charge is 2.04. The van der Waals surface area contributed by atoms with E-state index < -0.39 is 6.61 Å². The Labute approximate surface area is 104 Å². The number of anilines is 1. The fourth-order valence-electron chi connectivity index (χ4n) is 1.26. The zero-order valence-corrected chi connectivity index (χ0v) is 10.1. The number of nitrogens with one attached hydrogen (secondary N) is 2. The van der Waals surface area contributed by atoms with Crippen molar-refractivity contribution in [2.24, 2.45) is 0 Å². The second-order valence-corrected chi connectivity index (χ2v) is 3.61. The zero-order valence-electron chi connectivity index (χ0n) is 10.1. The number of hydrogen-bond donors (Lipinski definition) is 2. The maximum Gasteiger partial charge on any atom is 0.387 e. The third-order valence-electron chi connectivity index (χ3n) is 2.10. The van der Waals surface area contributed by atoms with Gasteiger partial charge >= 0.3 is 6.61 Å². The molecule has 1 rings (SSSR count). The first kappa shape index (κ1) is 14.2. The number of hydrogen-bond acceptors (Lipinski definition) is 3. The van der Waals surface area contributed by atoms with Gasteiger partial charge in [0.1, 0.15) is 5.75 Å². The van der Waals surface area contributed by atoms with Crippen LogP contribution in [-0.2, 0) is 4.79 Å². The van der Waals surface area contributed by atoms with E-state index in [0.29, 0.717) is 12.2 Å². The molecule has 0 heterocycles. The lowest BCUT2D eigenvalue weighted by Crippen LogP contribution is -2.30. The second-order valence-electron chi connectivity index (χ2n) is 3.61. The van der Waals surface area contributed by atoms with E-state index in [4.69, 9.17) is 0 Å². The normalized spacial score (nSPS) is 10.2. The number of amides is 1. The number of carbonyl (C=O) groups is 1. The Morgan fingerprint density at radius 3 is 2.56 bits per heavy atom. The molecule has 100 valence electrons. The van der Waals surface area contributed by atoms with Crippen LogP contribution >= 0.6 is 0 Å². The molecule has 0 fully saturated rings. The van der Waals surface area contributed by atoms with Crippen LogP contribution in [0.4, 0.5) is 14.5 Å². The first-order valence-corrected chi connectivity index (χ1v) is 5.67. The third kappa shape index (κ3) is 5.47. The van der Waals surface area contributed by atoms with E-state index in [1.54, 1.807) is 12.1 Å². The molecule has 0 unspecified atom stereocenters. The monoisotopic (exact) mass is 258 g/mol. The van der Waals surface area contributed by atoms with Gasteiger partial charge in [-0.2, -0.15) is 8.78 Å². The summed E-state index contributed by atoms with van der Waals surface area (Å²) >= 11 is 0. The molecule has 0 spiro atoms. The Morgan fingerprint density at radius 1 is 1.33 bits per heavy atom. The molecule has 1 aromatic rings. The van der Waals surface area contributed by atoms with Crippen molar-refractivity contribution in [1.29, 1.82) is 0 Å².